The number of nitrogens with one attached hydrogen (secondary N) is 1. The van der Waals surface area contributed by atoms with E-state index >= 15 is 0 Å². The van der Waals surface area contributed by atoms with Crippen LogP contribution in [-0.4, -0.2) is 17.8 Å². The van der Waals surface area contributed by atoms with Gasteiger partial charge in [-0.15, -0.1) is 0 Å². The van der Waals surface area contributed by atoms with Crippen LogP contribution in [0.2, 0.25) is 5.02 Å². The molecule has 3 aromatic carbocycles. The molecule has 190 valence electrons. The maximum atomic E-state index is 13.2. The predicted molar refractivity (Wildman–Crippen MR) is 133 cm³/mol. The third kappa shape index (κ3) is 5.33. The summed E-state index contributed by atoms with van der Waals surface area (Å²) in [7, 11) is 0. The van der Waals surface area contributed by atoms with Gasteiger partial charge in [-0.1, -0.05) is 48.3 Å². The standard InChI is InChI=1S/C26H17Cl2F3N2O4/c1-2-14-5-3-4-6-20(14)37-25(36)15-7-10-17(11-8-15)32-22-21(28)23(34)33(24(22)35)19-13-16(26(29,30)31)9-12-18(19)27/h3-13,32H,2H2,1H3. The number of aryl methyl sites for hydroxylation is 1. The molecule has 0 aromatic heterocycles. The fraction of sp³-hybridized carbons (Fsp3) is 0.115. The van der Waals surface area contributed by atoms with Crippen LogP contribution in [0.5, 0.6) is 5.75 Å². The van der Waals surface area contributed by atoms with Gasteiger partial charge in [0.25, 0.3) is 11.8 Å². The number of esters is 1. The topological polar surface area (TPSA) is 75.7 Å². The molecule has 4 rings (SSSR count). The van der Waals surface area contributed by atoms with Crippen LogP contribution in [0.3, 0.4) is 0 Å². The molecule has 2 amide bonds. The Kier molecular flexibility index (Phi) is 7.29. The first kappa shape index (κ1) is 26.2. The van der Waals surface area contributed by atoms with Crippen LogP contribution in [0.1, 0.15) is 28.4 Å². The van der Waals surface area contributed by atoms with E-state index in [0.717, 1.165) is 17.7 Å². The van der Waals surface area contributed by atoms with Crippen molar-refractivity contribution in [2.75, 3.05) is 10.2 Å². The lowest BCUT2D eigenvalue weighted by Gasteiger charge is -2.18. The monoisotopic (exact) mass is 548 g/mol. The first-order valence-corrected chi connectivity index (χ1v) is 11.6. The Labute approximate surface area is 219 Å². The summed E-state index contributed by atoms with van der Waals surface area (Å²) in [5, 5.41) is 1.92. The SMILES string of the molecule is CCc1ccccc1OC(=O)c1ccc(NC2=C(Cl)C(=O)N(c3cc(C(F)(F)F)ccc3Cl)C2=O)cc1. The zero-order valence-electron chi connectivity index (χ0n) is 19.0. The van der Waals surface area contributed by atoms with Crippen molar-refractivity contribution in [3.8, 4) is 5.75 Å². The Hall–Kier alpha value is -3.82. The van der Waals surface area contributed by atoms with E-state index in [-0.39, 0.29) is 22.0 Å². The maximum Gasteiger partial charge on any atom is 0.416 e. The highest BCUT2D eigenvalue weighted by Crippen LogP contribution is 2.38. The molecule has 0 saturated heterocycles. The average Bonchev–Trinajstić information content (AvgIpc) is 3.07. The Bertz CT molecular complexity index is 1440. The van der Waals surface area contributed by atoms with Gasteiger partial charge in [-0.05, 0) is 60.5 Å². The second-order valence-electron chi connectivity index (χ2n) is 7.85. The summed E-state index contributed by atoms with van der Waals surface area (Å²) >= 11 is 12.1. The number of nitrogens with zero attached hydrogens (tertiary/aromatic N) is 1. The number of amides is 2. The molecule has 1 N–H and O–H groups in total. The van der Waals surface area contributed by atoms with Crippen molar-refractivity contribution in [3.63, 3.8) is 0 Å². The summed E-state index contributed by atoms with van der Waals surface area (Å²) in [4.78, 5) is 38.7. The van der Waals surface area contributed by atoms with Gasteiger partial charge in [0, 0.05) is 5.69 Å². The van der Waals surface area contributed by atoms with Crippen LogP contribution >= 0.6 is 23.2 Å². The van der Waals surface area contributed by atoms with Crippen molar-refractivity contribution >= 4 is 52.4 Å². The molecule has 3 aromatic rings. The van der Waals surface area contributed by atoms with Crippen LogP contribution in [0.4, 0.5) is 24.5 Å². The molecule has 1 heterocycles. The highest BCUT2D eigenvalue weighted by molar-refractivity contribution is 6.53. The lowest BCUT2D eigenvalue weighted by atomic mass is 10.1. The van der Waals surface area contributed by atoms with E-state index in [4.69, 9.17) is 27.9 Å². The summed E-state index contributed by atoms with van der Waals surface area (Å²) in [5.74, 6) is -2.18. The summed E-state index contributed by atoms with van der Waals surface area (Å²) in [6, 6.07) is 15.2. The molecule has 0 saturated carbocycles. The van der Waals surface area contributed by atoms with E-state index in [1.54, 1.807) is 12.1 Å². The van der Waals surface area contributed by atoms with Gasteiger partial charge in [0.1, 0.15) is 16.5 Å². The largest absolute Gasteiger partial charge is 0.423 e. The minimum atomic E-state index is -4.72. The van der Waals surface area contributed by atoms with Crippen LogP contribution in [0.25, 0.3) is 0 Å². The molecular formula is C26H17Cl2F3N2O4. The fourth-order valence-corrected chi connectivity index (χ4v) is 3.99. The average molecular weight is 549 g/mol. The van der Waals surface area contributed by atoms with Gasteiger partial charge in [0.2, 0.25) is 0 Å². The van der Waals surface area contributed by atoms with Crippen molar-refractivity contribution in [2.45, 2.75) is 19.5 Å². The number of ether oxygens (including phenoxy) is 1. The second-order valence-corrected chi connectivity index (χ2v) is 8.64. The van der Waals surface area contributed by atoms with Gasteiger partial charge in [0.05, 0.1) is 21.8 Å². The number of halogens is 5. The highest BCUT2D eigenvalue weighted by Gasteiger charge is 2.41. The predicted octanol–water partition coefficient (Wildman–Crippen LogP) is 6.58. The van der Waals surface area contributed by atoms with E-state index in [0.29, 0.717) is 23.1 Å². The fourth-order valence-electron chi connectivity index (χ4n) is 3.58. The number of anilines is 2. The van der Waals surface area contributed by atoms with E-state index in [2.05, 4.69) is 5.32 Å². The second kappa shape index (κ2) is 10.3. The number of hydrogen-bond donors (Lipinski definition) is 1. The van der Waals surface area contributed by atoms with Gasteiger partial charge in [-0.2, -0.15) is 13.2 Å². The molecule has 1 aliphatic heterocycles. The molecule has 0 spiro atoms. The molecule has 1 aliphatic rings. The third-order valence-corrected chi connectivity index (χ3v) is 6.16. The van der Waals surface area contributed by atoms with Crippen molar-refractivity contribution in [3.05, 3.63) is 99.2 Å². The van der Waals surface area contributed by atoms with Gasteiger partial charge in [-0.3, -0.25) is 9.59 Å². The molecule has 0 bridgehead atoms. The van der Waals surface area contributed by atoms with E-state index in [1.165, 1.54) is 24.3 Å². The molecule has 11 heteroatoms. The zero-order valence-corrected chi connectivity index (χ0v) is 20.5. The van der Waals surface area contributed by atoms with Crippen LogP contribution < -0.4 is 15.0 Å². The van der Waals surface area contributed by atoms with Crippen molar-refractivity contribution in [1.29, 1.82) is 0 Å². The Morgan fingerprint density at radius 1 is 0.973 bits per heavy atom. The number of para-hydroxylation sites is 1. The summed E-state index contributed by atoms with van der Waals surface area (Å²) < 4.78 is 44.9. The lowest BCUT2D eigenvalue weighted by Crippen LogP contribution is -2.32. The molecule has 37 heavy (non-hydrogen) atoms. The zero-order chi connectivity index (χ0) is 26.9. The van der Waals surface area contributed by atoms with Crippen LogP contribution in [0, 0.1) is 0 Å². The highest BCUT2D eigenvalue weighted by atomic mass is 35.5. The number of hydrogen-bond acceptors (Lipinski definition) is 5. The molecule has 0 aliphatic carbocycles. The quantitative estimate of drug-likeness (QED) is 0.214. The van der Waals surface area contributed by atoms with E-state index in [1.807, 2.05) is 19.1 Å². The van der Waals surface area contributed by atoms with Gasteiger partial charge in [0.15, 0.2) is 0 Å². The Morgan fingerprint density at radius 3 is 2.30 bits per heavy atom. The van der Waals surface area contributed by atoms with Crippen molar-refractivity contribution < 1.29 is 32.3 Å². The molecule has 0 radical (unpaired) electrons. The Morgan fingerprint density at radius 2 is 1.65 bits per heavy atom. The van der Waals surface area contributed by atoms with E-state index < -0.39 is 40.2 Å². The third-order valence-electron chi connectivity index (χ3n) is 5.49. The number of benzene rings is 3. The van der Waals surface area contributed by atoms with Gasteiger partial charge < -0.3 is 10.1 Å². The molecule has 0 unspecified atom stereocenters. The molecular weight excluding hydrogens is 532 g/mol. The lowest BCUT2D eigenvalue weighted by molar-refractivity contribution is -0.137. The van der Waals surface area contributed by atoms with Crippen molar-refractivity contribution in [1.82, 2.24) is 0 Å². The van der Waals surface area contributed by atoms with Gasteiger partial charge in [-0.25, -0.2) is 9.69 Å². The Balaban J connectivity index is 1.52. The maximum absolute atomic E-state index is 13.2. The summed E-state index contributed by atoms with van der Waals surface area (Å²) in [5.41, 5.74) is -0.515. The number of carbonyl (C=O) groups excluding carboxylic acids is 3. The molecule has 0 fully saturated rings. The van der Waals surface area contributed by atoms with Gasteiger partial charge >= 0.3 is 12.1 Å². The number of carbonyl (C=O) groups is 3. The molecule has 0 atom stereocenters. The first-order chi connectivity index (χ1) is 17.5. The summed E-state index contributed by atoms with van der Waals surface area (Å²) in [6.45, 7) is 1.93. The summed E-state index contributed by atoms with van der Waals surface area (Å²) in [6.07, 6.45) is -4.04. The minimum Gasteiger partial charge on any atom is -0.423 e. The number of imide groups is 1. The number of alkyl halides is 3. The van der Waals surface area contributed by atoms with E-state index in [9.17, 15) is 27.6 Å². The smallest absolute Gasteiger partial charge is 0.416 e. The number of rotatable bonds is 6. The minimum absolute atomic E-state index is 0.225. The van der Waals surface area contributed by atoms with Crippen LogP contribution in [0.15, 0.2) is 77.5 Å². The molecule has 6 nitrogen and oxygen atoms in total. The normalized spacial score (nSPS) is 13.8. The first-order valence-electron chi connectivity index (χ1n) is 10.8. The van der Waals surface area contributed by atoms with Crippen molar-refractivity contribution in [2.24, 2.45) is 0 Å². The van der Waals surface area contributed by atoms with Crippen LogP contribution in [-0.2, 0) is 22.2 Å².